The van der Waals surface area contributed by atoms with E-state index in [-0.39, 0.29) is 0 Å². The molecule has 0 atom stereocenters. The Morgan fingerprint density at radius 2 is 1.94 bits per heavy atom. The van der Waals surface area contributed by atoms with E-state index in [1.54, 1.807) is 12.5 Å². The molecule has 18 heavy (non-hydrogen) atoms. The Hall–Kier alpha value is -1.58. The number of furan rings is 1. The molecule has 0 fully saturated rings. The summed E-state index contributed by atoms with van der Waals surface area (Å²) in [5, 5.41) is 3.41. The number of benzene rings is 1. The van der Waals surface area contributed by atoms with Crippen molar-refractivity contribution in [3.8, 4) is 0 Å². The van der Waals surface area contributed by atoms with E-state index < -0.39 is 0 Å². The van der Waals surface area contributed by atoms with Crippen LogP contribution in [-0.2, 0) is 24.4 Å². The Balaban J connectivity index is 1.87. The fraction of sp³-hybridized carbons (Fsp3) is 0.333. The summed E-state index contributed by atoms with van der Waals surface area (Å²) in [7, 11) is 0. The van der Waals surface area contributed by atoms with Crippen molar-refractivity contribution in [2.45, 2.75) is 26.6 Å². The third-order valence-electron chi connectivity index (χ3n) is 2.80. The third-order valence-corrected chi connectivity index (χ3v) is 2.80. The molecule has 1 N–H and O–H groups in total. The van der Waals surface area contributed by atoms with Crippen LogP contribution >= 0.6 is 0 Å². The molecular formula is C15H19NO2. The van der Waals surface area contributed by atoms with Crippen molar-refractivity contribution in [2.24, 2.45) is 0 Å². The highest BCUT2D eigenvalue weighted by Crippen LogP contribution is 2.10. The van der Waals surface area contributed by atoms with E-state index in [4.69, 9.17) is 9.15 Å². The molecule has 0 aliphatic carbocycles. The van der Waals surface area contributed by atoms with Gasteiger partial charge in [0.15, 0.2) is 0 Å². The lowest BCUT2D eigenvalue weighted by Crippen LogP contribution is -2.13. The first kappa shape index (κ1) is 12.9. The first-order valence-electron chi connectivity index (χ1n) is 6.26. The first-order valence-corrected chi connectivity index (χ1v) is 6.26. The number of hydrogen-bond donors (Lipinski definition) is 1. The average molecular weight is 245 g/mol. The highest BCUT2D eigenvalue weighted by Gasteiger charge is 2.01. The van der Waals surface area contributed by atoms with Gasteiger partial charge in [0.05, 0.1) is 19.1 Å². The molecule has 0 spiro atoms. The van der Waals surface area contributed by atoms with Crippen LogP contribution in [0.5, 0.6) is 0 Å². The van der Waals surface area contributed by atoms with Gasteiger partial charge in [0.1, 0.15) is 0 Å². The minimum atomic E-state index is 0.681. The molecule has 3 heteroatoms. The van der Waals surface area contributed by atoms with Crippen molar-refractivity contribution in [3.63, 3.8) is 0 Å². The summed E-state index contributed by atoms with van der Waals surface area (Å²) in [4.78, 5) is 0. The molecule has 1 heterocycles. The second-order valence-corrected chi connectivity index (χ2v) is 4.14. The lowest BCUT2D eigenvalue weighted by molar-refractivity contribution is 0.133. The Labute approximate surface area is 108 Å². The quantitative estimate of drug-likeness (QED) is 0.814. The van der Waals surface area contributed by atoms with Crippen LogP contribution in [0.1, 0.15) is 23.6 Å². The molecule has 0 radical (unpaired) electrons. The largest absolute Gasteiger partial charge is 0.472 e. The number of ether oxygens (including phenoxy) is 1. The van der Waals surface area contributed by atoms with Crippen LogP contribution in [0.4, 0.5) is 0 Å². The lowest BCUT2D eigenvalue weighted by atomic mass is 10.1. The summed E-state index contributed by atoms with van der Waals surface area (Å²) in [5.41, 5.74) is 3.70. The van der Waals surface area contributed by atoms with E-state index in [1.807, 2.05) is 19.1 Å². The normalized spacial score (nSPS) is 10.7. The van der Waals surface area contributed by atoms with E-state index in [0.717, 1.165) is 25.3 Å². The van der Waals surface area contributed by atoms with Gasteiger partial charge in [-0.25, -0.2) is 0 Å². The second kappa shape index (κ2) is 6.99. The smallest absolute Gasteiger partial charge is 0.0947 e. The summed E-state index contributed by atoms with van der Waals surface area (Å²) in [6.07, 6.45) is 3.46. The Morgan fingerprint density at radius 3 is 2.67 bits per heavy atom. The van der Waals surface area contributed by atoms with E-state index >= 15 is 0 Å². The zero-order chi connectivity index (χ0) is 12.6. The summed E-state index contributed by atoms with van der Waals surface area (Å²) in [6, 6.07) is 10.3. The molecule has 0 saturated heterocycles. The van der Waals surface area contributed by atoms with E-state index in [2.05, 4.69) is 23.5 Å². The van der Waals surface area contributed by atoms with Gasteiger partial charge in [0.25, 0.3) is 0 Å². The van der Waals surface area contributed by atoms with Crippen molar-refractivity contribution in [2.75, 3.05) is 6.61 Å². The summed E-state index contributed by atoms with van der Waals surface area (Å²) < 4.78 is 10.5. The zero-order valence-corrected chi connectivity index (χ0v) is 10.7. The monoisotopic (exact) mass is 245 g/mol. The average Bonchev–Trinajstić information content (AvgIpc) is 2.91. The van der Waals surface area contributed by atoms with Crippen LogP contribution < -0.4 is 5.32 Å². The predicted octanol–water partition coefficient (Wildman–Crippen LogP) is 3.11. The summed E-state index contributed by atoms with van der Waals surface area (Å²) in [5.74, 6) is 0. The van der Waals surface area contributed by atoms with Crippen molar-refractivity contribution in [3.05, 3.63) is 59.5 Å². The maximum absolute atomic E-state index is 5.47. The van der Waals surface area contributed by atoms with E-state index in [9.17, 15) is 0 Å². The second-order valence-electron chi connectivity index (χ2n) is 4.14. The van der Waals surface area contributed by atoms with Crippen LogP contribution in [0.2, 0.25) is 0 Å². The van der Waals surface area contributed by atoms with Gasteiger partial charge in [-0.2, -0.15) is 0 Å². The molecule has 0 aliphatic rings. The van der Waals surface area contributed by atoms with Gasteiger partial charge < -0.3 is 14.5 Å². The summed E-state index contributed by atoms with van der Waals surface area (Å²) in [6.45, 7) is 5.10. The van der Waals surface area contributed by atoms with Crippen LogP contribution in [0.25, 0.3) is 0 Å². The summed E-state index contributed by atoms with van der Waals surface area (Å²) >= 11 is 0. The maximum atomic E-state index is 5.47. The van der Waals surface area contributed by atoms with Crippen LogP contribution in [0.15, 0.2) is 47.3 Å². The van der Waals surface area contributed by atoms with E-state index in [0.29, 0.717) is 6.61 Å². The number of nitrogens with one attached hydrogen (secondary N) is 1. The zero-order valence-electron chi connectivity index (χ0n) is 10.7. The van der Waals surface area contributed by atoms with Crippen molar-refractivity contribution >= 4 is 0 Å². The molecule has 1 aromatic carbocycles. The first-order chi connectivity index (χ1) is 8.90. The molecule has 0 unspecified atom stereocenters. The topological polar surface area (TPSA) is 34.4 Å². The molecule has 0 bridgehead atoms. The van der Waals surface area contributed by atoms with E-state index in [1.165, 1.54) is 11.1 Å². The third kappa shape index (κ3) is 3.72. The van der Waals surface area contributed by atoms with Crippen molar-refractivity contribution in [1.82, 2.24) is 5.32 Å². The minimum absolute atomic E-state index is 0.681. The molecule has 0 amide bonds. The molecule has 1 aromatic heterocycles. The van der Waals surface area contributed by atoms with Crippen LogP contribution in [0, 0.1) is 0 Å². The molecule has 2 rings (SSSR count). The highest BCUT2D eigenvalue weighted by atomic mass is 16.5. The molecule has 2 aromatic rings. The van der Waals surface area contributed by atoms with Crippen LogP contribution in [0.3, 0.4) is 0 Å². The fourth-order valence-electron chi connectivity index (χ4n) is 1.82. The Bertz CT molecular complexity index is 451. The van der Waals surface area contributed by atoms with Gasteiger partial charge in [-0.15, -0.1) is 0 Å². The maximum Gasteiger partial charge on any atom is 0.0947 e. The van der Waals surface area contributed by atoms with Gasteiger partial charge in [-0.1, -0.05) is 24.3 Å². The lowest BCUT2D eigenvalue weighted by Gasteiger charge is -2.10. The molecule has 0 aliphatic heterocycles. The SMILES string of the molecule is CCOCc1ccccc1CNCc1ccoc1. The predicted molar refractivity (Wildman–Crippen MR) is 71.0 cm³/mol. The van der Waals surface area contributed by atoms with Gasteiger partial charge in [-0.05, 0) is 24.1 Å². The minimum Gasteiger partial charge on any atom is -0.472 e. The Kier molecular flexibility index (Phi) is 5.00. The molecule has 96 valence electrons. The highest BCUT2D eigenvalue weighted by molar-refractivity contribution is 5.26. The van der Waals surface area contributed by atoms with Crippen molar-refractivity contribution < 1.29 is 9.15 Å². The Morgan fingerprint density at radius 1 is 1.11 bits per heavy atom. The van der Waals surface area contributed by atoms with Crippen molar-refractivity contribution in [1.29, 1.82) is 0 Å². The number of rotatable bonds is 7. The van der Waals surface area contributed by atoms with Gasteiger partial charge in [0.2, 0.25) is 0 Å². The fourth-order valence-corrected chi connectivity index (χ4v) is 1.82. The molecular weight excluding hydrogens is 226 g/mol. The van der Waals surface area contributed by atoms with Crippen LogP contribution in [-0.4, -0.2) is 6.61 Å². The molecule has 3 nitrogen and oxygen atoms in total. The van der Waals surface area contributed by atoms with Gasteiger partial charge in [0, 0.05) is 25.3 Å². The standard InChI is InChI=1S/C15H19NO2/c1-2-17-12-15-6-4-3-5-14(15)10-16-9-13-7-8-18-11-13/h3-8,11,16H,2,9-10,12H2,1H3. The molecule has 0 saturated carbocycles. The van der Waals surface area contributed by atoms with Gasteiger partial charge >= 0.3 is 0 Å². The van der Waals surface area contributed by atoms with Gasteiger partial charge in [-0.3, -0.25) is 0 Å². The number of hydrogen-bond acceptors (Lipinski definition) is 3.